The molecule has 0 aliphatic heterocycles. The van der Waals surface area contributed by atoms with E-state index in [2.05, 4.69) is 0 Å². The number of Topliss-reactive ketones (excluding diaryl/α,β-unsaturated/α-hetero) is 3. The number of fused-ring (bicyclic) bond motifs is 1. The van der Waals surface area contributed by atoms with Gasteiger partial charge in [0, 0.05) is 11.1 Å². The lowest BCUT2D eigenvalue weighted by Gasteiger charge is -2.27. The van der Waals surface area contributed by atoms with Gasteiger partial charge in [-0.3, -0.25) is 14.4 Å². The maximum Gasteiger partial charge on any atom is 0.336 e. The predicted octanol–water partition coefficient (Wildman–Crippen LogP) is 2.29. The molecule has 0 N–H and O–H groups in total. The highest BCUT2D eigenvalue weighted by atomic mass is 16.6. The van der Waals surface area contributed by atoms with Crippen LogP contribution >= 0.6 is 0 Å². The van der Waals surface area contributed by atoms with E-state index >= 15 is 0 Å². The number of ketones is 3. The van der Waals surface area contributed by atoms with Gasteiger partial charge in [-0.05, 0) is 40.7 Å². The first kappa shape index (κ1) is 16.1. The Morgan fingerprint density at radius 3 is 2.09 bits per heavy atom. The fourth-order valence-electron chi connectivity index (χ4n) is 2.55. The Bertz CT molecular complexity index is 708. The van der Waals surface area contributed by atoms with Crippen molar-refractivity contribution in [2.45, 2.75) is 40.2 Å². The van der Waals surface area contributed by atoms with Crippen LogP contribution in [0.2, 0.25) is 0 Å². The lowest BCUT2D eigenvalue weighted by molar-refractivity contribution is -0.163. The summed E-state index contributed by atoms with van der Waals surface area (Å²) in [6.45, 7) is 7.66. The van der Waals surface area contributed by atoms with E-state index in [-0.39, 0.29) is 11.1 Å². The summed E-state index contributed by atoms with van der Waals surface area (Å²) < 4.78 is 5.19. The number of hydrogen-bond acceptors (Lipinski definition) is 5. The number of ether oxygens (including phenoxy) is 1. The first-order valence-electron chi connectivity index (χ1n) is 6.96. The Morgan fingerprint density at radius 2 is 1.59 bits per heavy atom. The monoisotopic (exact) mass is 302 g/mol. The predicted molar refractivity (Wildman–Crippen MR) is 78.8 cm³/mol. The number of hydrogen-bond donors (Lipinski definition) is 0. The van der Waals surface area contributed by atoms with Crippen molar-refractivity contribution in [1.29, 1.82) is 0 Å². The molecule has 1 unspecified atom stereocenters. The van der Waals surface area contributed by atoms with Crippen molar-refractivity contribution in [2.24, 2.45) is 5.41 Å². The van der Waals surface area contributed by atoms with E-state index in [1.807, 2.05) is 0 Å². The van der Waals surface area contributed by atoms with Gasteiger partial charge in [0.05, 0.1) is 0 Å². The summed E-state index contributed by atoms with van der Waals surface area (Å²) in [5, 5.41) is 0. The standard InChI is InChI=1S/C17H18O5/c1-9-6-7-11-12(8-9)14(20)17(10(2)18,13(11)19)15(21)22-16(3,4)5/h6-8H,1-5H3. The van der Waals surface area contributed by atoms with Crippen molar-refractivity contribution >= 4 is 23.3 Å². The molecule has 2 rings (SSSR count). The molecule has 1 aromatic carbocycles. The van der Waals surface area contributed by atoms with Crippen LogP contribution in [0.1, 0.15) is 54.0 Å². The second kappa shape index (κ2) is 4.87. The largest absolute Gasteiger partial charge is 0.459 e. The molecule has 0 fully saturated rings. The lowest BCUT2D eigenvalue weighted by Crippen LogP contribution is -2.50. The number of esters is 1. The average Bonchev–Trinajstić information content (AvgIpc) is 2.57. The Kier molecular flexibility index (Phi) is 3.56. The van der Waals surface area contributed by atoms with Gasteiger partial charge in [0.1, 0.15) is 5.60 Å². The van der Waals surface area contributed by atoms with Gasteiger partial charge in [-0.25, -0.2) is 4.79 Å². The quantitative estimate of drug-likeness (QED) is 0.618. The van der Waals surface area contributed by atoms with E-state index < -0.39 is 34.3 Å². The summed E-state index contributed by atoms with van der Waals surface area (Å²) in [5.41, 5.74) is -2.35. The van der Waals surface area contributed by atoms with Crippen LogP contribution in [0.5, 0.6) is 0 Å². The van der Waals surface area contributed by atoms with E-state index in [9.17, 15) is 19.2 Å². The van der Waals surface area contributed by atoms with E-state index in [4.69, 9.17) is 4.74 Å². The highest BCUT2D eigenvalue weighted by molar-refractivity contribution is 6.48. The molecule has 0 amide bonds. The summed E-state index contributed by atoms with van der Waals surface area (Å²) in [6.07, 6.45) is 0. The third-order valence-corrected chi connectivity index (χ3v) is 3.58. The second-order valence-electron chi connectivity index (χ2n) is 6.52. The number of carbonyl (C=O) groups is 4. The minimum atomic E-state index is -2.40. The number of benzene rings is 1. The maximum atomic E-state index is 12.7. The van der Waals surface area contributed by atoms with Gasteiger partial charge < -0.3 is 4.74 Å². The van der Waals surface area contributed by atoms with Gasteiger partial charge in [0.2, 0.25) is 0 Å². The van der Waals surface area contributed by atoms with Crippen molar-refractivity contribution in [2.75, 3.05) is 0 Å². The number of aryl methyl sites for hydroxylation is 1. The highest BCUT2D eigenvalue weighted by Gasteiger charge is 2.63. The molecule has 1 atom stereocenters. The van der Waals surface area contributed by atoms with Gasteiger partial charge >= 0.3 is 5.97 Å². The fraction of sp³-hybridized carbons (Fsp3) is 0.412. The van der Waals surface area contributed by atoms with Crippen molar-refractivity contribution in [3.8, 4) is 0 Å². The molecule has 0 saturated carbocycles. The Hall–Kier alpha value is -2.30. The molecule has 0 aromatic heterocycles. The molecular formula is C17H18O5. The van der Waals surface area contributed by atoms with E-state index in [0.29, 0.717) is 0 Å². The van der Waals surface area contributed by atoms with Gasteiger partial charge in [0.15, 0.2) is 17.3 Å². The molecule has 0 radical (unpaired) electrons. The summed E-state index contributed by atoms with van der Waals surface area (Å²) >= 11 is 0. The van der Waals surface area contributed by atoms with Crippen molar-refractivity contribution in [3.05, 3.63) is 34.9 Å². The third-order valence-electron chi connectivity index (χ3n) is 3.58. The second-order valence-corrected chi connectivity index (χ2v) is 6.52. The van der Waals surface area contributed by atoms with E-state index in [1.54, 1.807) is 33.8 Å². The Labute approximate surface area is 128 Å². The molecule has 1 aliphatic carbocycles. The first-order valence-corrected chi connectivity index (χ1v) is 6.96. The molecule has 1 aliphatic rings. The molecule has 0 bridgehead atoms. The van der Waals surface area contributed by atoms with Crippen LogP contribution in [0.15, 0.2) is 18.2 Å². The molecule has 116 valence electrons. The molecular weight excluding hydrogens is 284 g/mol. The molecule has 1 aromatic rings. The van der Waals surface area contributed by atoms with Crippen LogP contribution in [0, 0.1) is 12.3 Å². The van der Waals surface area contributed by atoms with E-state index in [1.165, 1.54) is 12.1 Å². The van der Waals surface area contributed by atoms with Crippen LogP contribution in [-0.2, 0) is 14.3 Å². The fourth-order valence-corrected chi connectivity index (χ4v) is 2.55. The van der Waals surface area contributed by atoms with E-state index in [0.717, 1.165) is 12.5 Å². The van der Waals surface area contributed by atoms with Crippen LogP contribution in [0.4, 0.5) is 0 Å². The van der Waals surface area contributed by atoms with Crippen molar-refractivity contribution in [3.63, 3.8) is 0 Å². The topological polar surface area (TPSA) is 77.5 Å². The number of carbonyl (C=O) groups excluding carboxylic acids is 4. The van der Waals surface area contributed by atoms with Crippen molar-refractivity contribution in [1.82, 2.24) is 0 Å². The van der Waals surface area contributed by atoms with Gasteiger partial charge in [-0.15, -0.1) is 0 Å². The number of rotatable bonds is 2. The zero-order chi connectivity index (χ0) is 16.9. The molecule has 5 nitrogen and oxygen atoms in total. The van der Waals surface area contributed by atoms with Crippen LogP contribution in [0.25, 0.3) is 0 Å². The minimum Gasteiger partial charge on any atom is -0.459 e. The summed E-state index contributed by atoms with van der Waals surface area (Å²) in [7, 11) is 0. The smallest absolute Gasteiger partial charge is 0.336 e. The highest BCUT2D eigenvalue weighted by Crippen LogP contribution is 2.40. The summed E-state index contributed by atoms with van der Waals surface area (Å²) in [4.78, 5) is 50.0. The van der Waals surface area contributed by atoms with Crippen LogP contribution in [0.3, 0.4) is 0 Å². The minimum absolute atomic E-state index is 0.0941. The van der Waals surface area contributed by atoms with Gasteiger partial charge in [-0.2, -0.15) is 0 Å². The average molecular weight is 302 g/mol. The molecule has 0 spiro atoms. The summed E-state index contributed by atoms with van der Waals surface area (Å²) in [5.74, 6) is -3.51. The van der Waals surface area contributed by atoms with Crippen molar-refractivity contribution < 1.29 is 23.9 Å². The lowest BCUT2D eigenvalue weighted by atomic mass is 9.79. The maximum absolute atomic E-state index is 12.7. The molecule has 22 heavy (non-hydrogen) atoms. The normalized spacial score (nSPS) is 20.8. The zero-order valence-electron chi connectivity index (χ0n) is 13.3. The van der Waals surface area contributed by atoms with Crippen LogP contribution < -0.4 is 0 Å². The first-order chi connectivity index (χ1) is 10.0. The van der Waals surface area contributed by atoms with Gasteiger partial charge in [0.25, 0.3) is 5.41 Å². The summed E-state index contributed by atoms with van der Waals surface area (Å²) in [6, 6.07) is 4.65. The Balaban J connectivity index is 2.64. The zero-order valence-corrected chi connectivity index (χ0v) is 13.3. The Morgan fingerprint density at radius 1 is 1.05 bits per heavy atom. The third kappa shape index (κ3) is 2.17. The SMILES string of the molecule is CC(=O)C1(C(=O)OC(C)(C)C)C(=O)c2ccc(C)cc2C1=O. The molecule has 0 heterocycles. The van der Waals surface area contributed by atoms with Crippen LogP contribution in [-0.4, -0.2) is 28.9 Å². The van der Waals surface area contributed by atoms with Gasteiger partial charge in [-0.1, -0.05) is 17.7 Å². The molecule has 5 heteroatoms. The molecule has 0 saturated heterocycles.